The van der Waals surface area contributed by atoms with Crippen molar-refractivity contribution < 1.29 is 14.3 Å². The van der Waals surface area contributed by atoms with Crippen LogP contribution >= 0.6 is 0 Å². The highest BCUT2D eigenvalue weighted by molar-refractivity contribution is 5.91. The number of hydrogen-bond acceptors (Lipinski definition) is 6. The van der Waals surface area contributed by atoms with E-state index in [2.05, 4.69) is 46.8 Å². The predicted molar refractivity (Wildman–Crippen MR) is 111 cm³/mol. The Morgan fingerprint density at radius 3 is 2.33 bits per heavy atom. The molecule has 8 nitrogen and oxygen atoms in total. The number of aromatic nitrogens is 4. The molecule has 0 aliphatic rings. The molecule has 0 bridgehead atoms. The highest BCUT2D eigenvalue weighted by Crippen LogP contribution is 2.15. The second-order valence-electron chi connectivity index (χ2n) is 7.51. The summed E-state index contributed by atoms with van der Waals surface area (Å²) >= 11 is 0. The van der Waals surface area contributed by atoms with E-state index in [9.17, 15) is 9.59 Å². The number of amides is 1. The Hall–Kier alpha value is -3.55. The average molecular weight is 407 g/mol. The number of carbonyl (C=O) groups excluding carboxylic acids is 2. The van der Waals surface area contributed by atoms with Crippen LogP contribution in [-0.4, -0.2) is 38.7 Å². The molecule has 3 rings (SSSR count). The van der Waals surface area contributed by atoms with Crippen LogP contribution in [0.5, 0.6) is 0 Å². The summed E-state index contributed by atoms with van der Waals surface area (Å²) in [5.41, 5.74) is 3.32. The van der Waals surface area contributed by atoms with E-state index in [0.717, 1.165) is 12.0 Å². The molecule has 1 heterocycles. The van der Waals surface area contributed by atoms with E-state index in [1.807, 2.05) is 19.1 Å². The van der Waals surface area contributed by atoms with Crippen LogP contribution in [0.2, 0.25) is 0 Å². The number of benzene rings is 2. The molecule has 0 saturated heterocycles. The van der Waals surface area contributed by atoms with E-state index in [1.54, 1.807) is 24.3 Å². The van der Waals surface area contributed by atoms with Crippen LogP contribution < -0.4 is 5.32 Å². The standard InChI is InChI=1S/C22H25N5O3/c1-15(2)12-17-4-6-18(7-5-17)16(3)24-21(28)13-30-22(29)19-8-10-20(11-9-19)27-14-23-25-26-27/h4-11,14-16H,12-13H2,1-3H3,(H,24,28)/t16-/m1/s1. The SMILES string of the molecule is CC(C)Cc1ccc([C@@H](C)NC(=O)COC(=O)c2ccc(-n3cnnn3)cc2)cc1. The van der Waals surface area contributed by atoms with Gasteiger partial charge in [0.15, 0.2) is 6.61 Å². The van der Waals surface area contributed by atoms with Gasteiger partial charge in [0.25, 0.3) is 5.91 Å². The normalized spacial score (nSPS) is 11.9. The van der Waals surface area contributed by atoms with Gasteiger partial charge in [-0.3, -0.25) is 4.79 Å². The molecule has 3 aromatic rings. The van der Waals surface area contributed by atoms with Gasteiger partial charge < -0.3 is 10.1 Å². The lowest BCUT2D eigenvalue weighted by Gasteiger charge is -2.15. The number of rotatable bonds is 8. The van der Waals surface area contributed by atoms with Crippen molar-refractivity contribution >= 4 is 11.9 Å². The van der Waals surface area contributed by atoms with Crippen LogP contribution in [0.4, 0.5) is 0 Å². The monoisotopic (exact) mass is 407 g/mol. The molecule has 1 atom stereocenters. The topological polar surface area (TPSA) is 99.0 Å². The molecule has 0 unspecified atom stereocenters. The zero-order chi connectivity index (χ0) is 21.5. The first-order valence-electron chi connectivity index (χ1n) is 9.81. The minimum atomic E-state index is -0.570. The summed E-state index contributed by atoms with van der Waals surface area (Å²) in [7, 11) is 0. The molecule has 1 amide bonds. The van der Waals surface area contributed by atoms with Crippen LogP contribution in [0.3, 0.4) is 0 Å². The smallest absolute Gasteiger partial charge is 0.338 e. The average Bonchev–Trinajstić information content (AvgIpc) is 3.27. The molecule has 0 aliphatic heterocycles. The van der Waals surface area contributed by atoms with Gasteiger partial charge in [-0.05, 0) is 65.1 Å². The van der Waals surface area contributed by atoms with E-state index >= 15 is 0 Å². The lowest BCUT2D eigenvalue weighted by molar-refractivity contribution is -0.124. The van der Waals surface area contributed by atoms with Crippen molar-refractivity contribution in [2.75, 3.05) is 6.61 Å². The van der Waals surface area contributed by atoms with Crippen LogP contribution in [-0.2, 0) is 16.0 Å². The van der Waals surface area contributed by atoms with Crippen molar-refractivity contribution in [3.63, 3.8) is 0 Å². The highest BCUT2D eigenvalue weighted by Gasteiger charge is 2.14. The molecular formula is C22H25N5O3. The molecular weight excluding hydrogens is 382 g/mol. The second kappa shape index (κ2) is 9.78. The predicted octanol–water partition coefficient (Wildman–Crippen LogP) is 2.90. The van der Waals surface area contributed by atoms with Crippen LogP contribution in [0.25, 0.3) is 5.69 Å². The van der Waals surface area contributed by atoms with Gasteiger partial charge in [-0.2, -0.15) is 0 Å². The summed E-state index contributed by atoms with van der Waals surface area (Å²) < 4.78 is 6.59. The Kier molecular flexibility index (Phi) is 6.90. The van der Waals surface area contributed by atoms with Crippen molar-refractivity contribution in [3.8, 4) is 5.69 Å². The summed E-state index contributed by atoms with van der Waals surface area (Å²) in [6.45, 7) is 5.92. The van der Waals surface area contributed by atoms with Gasteiger partial charge in [0.1, 0.15) is 6.33 Å². The molecule has 2 aromatic carbocycles. The molecule has 0 fully saturated rings. The highest BCUT2D eigenvalue weighted by atomic mass is 16.5. The summed E-state index contributed by atoms with van der Waals surface area (Å²) in [4.78, 5) is 24.3. The maximum absolute atomic E-state index is 12.2. The molecule has 0 spiro atoms. The fourth-order valence-corrected chi connectivity index (χ4v) is 3.02. The van der Waals surface area contributed by atoms with Crippen molar-refractivity contribution in [1.29, 1.82) is 0 Å². The summed E-state index contributed by atoms with van der Waals surface area (Å²) in [5, 5.41) is 13.8. The molecule has 0 radical (unpaired) electrons. The van der Waals surface area contributed by atoms with Gasteiger partial charge in [0.05, 0.1) is 17.3 Å². The largest absolute Gasteiger partial charge is 0.452 e. The summed E-state index contributed by atoms with van der Waals surface area (Å²) in [6, 6.07) is 14.6. The molecule has 8 heteroatoms. The number of carbonyl (C=O) groups is 2. The van der Waals surface area contributed by atoms with Crippen molar-refractivity contribution in [3.05, 3.63) is 71.5 Å². The second-order valence-corrected chi connectivity index (χ2v) is 7.51. The van der Waals surface area contributed by atoms with E-state index in [4.69, 9.17) is 4.74 Å². The molecule has 1 aromatic heterocycles. The van der Waals surface area contributed by atoms with Gasteiger partial charge in [-0.25, -0.2) is 9.48 Å². The number of tetrazole rings is 1. The maximum Gasteiger partial charge on any atom is 0.338 e. The zero-order valence-corrected chi connectivity index (χ0v) is 17.3. The number of esters is 1. The van der Waals surface area contributed by atoms with Crippen molar-refractivity contribution in [2.24, 2.45) is 5.92 Å². The third-order valence-electron chi connectivity index (χ3n) is 4.55. The third kappa shape index (κ3) is 5.73. The Bertz CT molecular complexity index is 967. The minimum Gasteiger partial charge on any atom is -0.452 e. The fraction of sp³-hybridized carbons (Fsp3) is 0.318. The van der Waals surface area contributed by atoms with Gasteiger partial charge in [-0.1, -0.05) is 38.1 Å². The van der Waals surface area contributed by atoms with E-state index < -0.39 is 5.97 Å². The van der Waals surface area contributed by atoms with Crippen LogP contribution in [0.1, 0.15) is 48.3 Å². The molecule has 30 heavy (non-hydrogen) atoms. The Balaban J connectivity index is 1.48. The quantitative estimate of drug-likeness (QED) is 0.577. The lowest BCUT2D eigenvalue weighted by Crippen LogP contribution is -2.31. The van der Waals surface area contributed by atoms with Gasteiger partial charge >= 0.3 is 5.97 Å². The van der Waals surface area contributed by atoms with Crippen LogP contribution in [0.15, 0.2) is 54.9 Å². The number of hydrogen-bond donors (Lipinski definition) is 1. The van der Waals surface area contributed by atoms with E-state index in [-0.39, 0.29) is 18.6 Å². The number of nitrogens with one attached hydrogen (secondary N) is 1. The first-order valence-corrected chi connectivity index (χ1v) is 9.81. The number of nitrogens with zero attached hydrogens (tertiary/aromatic N) is 4. The Morgan fingerprint density at radius 1 is 1.03 bits per heavy atom. The molecule has 0 aliphatic carbocycles. The first kappa shape index (κ1) is 21.2. The zero-order valence-electron chi connectivity index (χ0n) is 17.3. The minimum absolute atomic E-state index is 0.181. The van der Waals surface area contributed by atoms with E-state index in [0.29, 0.717) is 17.2 Å². The summed E-state index contributed by atoms with van der Waals surface area (Å²) in [6.07, 6.45) is 2.48. The fourth-order valence-electron chi connectivity index (χ4n) is 3.02. The Morgan fingerprint density at radius 2 is 1.73 bits per heavy atom. The lowest BCUT2D eigenvalue weighted by atomic mass is 10.00. The van der Waals surface area contributed by atoms with Gasteiger partial charge in [-0.15, -0.1) is 5.10 Å². The van der Waals surface area contributed by atoms with Gasteiger partial charge in [0, 0.05) is 0 Å². The third-order valence-corrected chi connectivity index (χ3v) is 4.55. The van der Waals surface area contributed by atoms with Crippen molar-refractivity contribution in [2.45, 2.75) is 33.2 Å². The van der Waals surface area contributed by atoms with E-state index in [1.165, 1.54) is 16.6 Å². The number of ether oxygens (including phenoxy) is 1. The molecule has 0 saturated carbocycles. The first-order chi connectivity index (χ1) is 14.4. The maximum atomic E-state index is 12.2. The van der Waals surface area contributed by atoms with Crippen molar-refractivity contribution in [1.82, 2.24) is 25.5 Å². The van der Waals surface area contributed by atoms with Gasteiger partial charge in [0.2, 0.25) is 0 Å². The molecule has 1 N–H and O–H groups in total. The summed E-state index contributed by atoms with van der Waals surface area (Å²) in [5.74, 6) is -0.329. The Labute approximate surface area is 175 Å². The van der Waals surface area contributed by atoms with Crippen LogP contribution in [0, 0.1) is 5.92 Å². The molecule has 156 valence electrons.